The predicted molar refractivity (Wildman–Crippen MR) is 67.8 cm³/mol. The zero-order chi connectivity index (χ0) is 12.0. The van der Waals surface area contributed by atoms with Crippen LogP contribution in [0.25, 0.3) is 0 Å². The zero-order valence-corrected chi connectivity index (χ0v) is 10.2. The van der Waals surface area contributed by atoms with Crippen molar-refractivity contribution in [3.05, 3.63) is 18.2 Å². The molecule has 0 aromatic carbocycles. The lowest BCUT2D eigenvalue weighted by Gasteiger charge is -2.31. The Bertz CT molecular complexity index is 316. The van der Waals surface area contributed by atoms with Crippen LogP contribution in [0.4, 0.5) is 11.6 Å². The Kier molecular flexibility index (Phi) is 4.55. The summed E-state index contributed by atoms with van der Waals surface area (Å²) in [6.45, 7) is 4.24. The third kappa shape index (κ3) is 2.85. The molecule has 0 bridgehead atoms. The molecule has 1 heterocycles. The van der Waals surface area contributed by atoms with E-state index in [1.165, 1.54) is 0 Å². The van der Waals surface area contributed by atoms with E-state index in [2.05, 4.69) is 29.5 Å². The fourth-order valence-corrected chi connectivity index (χ4v) is 1.61. The quantitative estimate of drug-likeness (QED) is 0.691. The average Bonchev–Trinajstić information content (AvgIpc) is 2.36. The highest BCUT2D eigenvalue weighted by Crippen LogP contribution is 2.21. The molecule has 90 valence electrons. The van der Waals surface area contributed by atoms with Crippen LogP contribution in [0, 0.1) is 0 Å². The minimum Gasteiger partial charge on any atom is -0.394 e. The van der Waals surface area contributed by atoms with Gasteiger partial charge in [-0.2, -0.15) is 0 Å². The summed E-state index contributed by atoms with van der Waals surface area (Å²) in [7, 11) is 1.84. The fraction of sp³-hybridized carbons (Fsp3) is 0.583. The van der Waals surface area contributed by atoms with Crippen molar-refractivity contribution in [1.82, 2.24) is 4.98 Å². The monoisotopic (exact) mass is 223 g/mol. The Balaban J connectivity index is 2.84. The van der Waals surface area contributed by atoms with Gasteiger partial charge in [-0.15, -0.1) is 0 Å². The van der Waals surface area contributed by atoms with Crippen molar-refractivity contribution in [2.24, 2.45) is 0 Å². The molecule has 0 spiro atoms. The molecule has 4 nitrogen and oxygen atoms in total. The largest absolute Gasteiger partial charge is 0.394 e. The molecule has 0 fully saturated rings. The van der Waals surface area contributed by atoms with E-state index in [0.717, 1.165) is 24.5 Å². The minimum absolute atomic E-state index is 0.117. The number of anilines is 2. The van der Waals surface area contributed by atoms with Crippen LogP contribution in [0.3, 0.4) is 0 Å². The van der Waals surface area contributed by atoms with Gasteiger partial charge in [-0.1, -0.05) is 19.9 Å². The molecule has 0 unspecified atom stereocenters. The summed E-state index contributed by atoms with van der Waals surface area (Å²) >= 11 is 0. The lowest BCUT2D eigenvalue weighted by atomic mass is 9.94. The van der Waals surface area contributed by atoms with E-state index in [1.807, 2.05) is 25.2 Å². The molecule has 0 saturated heterocycles. The summed E-state index contributed by atoms with van der Waals surface area (Å²) in [5.41, 5.74) is -0.265. The molecule has 0 amide bonds. The number of aromatic nitrogens is 1. The zero-order valence-electron chi connectivity index (χ0n) is 10.2. The molecular weight excluding hydrogens is 202 g/mol. The summed E-state index contributed by atoms with van der Waals surface area (Å²) in [5, 5.41) is 15.8. The highest BCUT2D eigenvalue weighted by Gasteiger charge is 2.25. The maximum absolute atomic E-state index is 9.46. The molecule has 0 aliphatic rings. The van der Waals surface area contributed by atoms with E-state index in [0.29, 0.717) is 0 Å². The Hall–Kier alpha value is -1.29. The Labute approximate surface area is 97.1 Å². The third-order valence-electron chi connectivity index (χ3n) is 3.05. The molecular formula is C12H21N3O. The number of hydrogen-bond donors (Lipinski definition) is 3. The van der Waals surface area contributed by atoms with Gasteiger partial charge in [0.1, 0.15) is 11.6 Å². The van der Waals surface area contributed by atoms with Crippen LogP contribution in [-0.2, 0) is 0 Å². The lowest BCUT2D eigenvalue weighted by molar-refractivity contribution is 0.202. The summed E-state index contributed by atoms with van der Waals surface area (Å²) in [6.07, 6.45) is 1.73. The molecule has 3 N–H and O–H groups in total. The number of nitrogens with one attached hydrogen (secondary N) is 2. The second kappa shape index (κ2) is 5.70. The Morgan fingerprint density at radius 2 is 1.88 bits per heavy atom. The van der Waals surface area contributed by atoms with E-state index in [4.69, 9.17) is 0 Å². The van der Waals surface area contributed by atoms with E-state index in [1.54, 1.807) is 0 Å². The summed E-state index contributed by atoms with van der Waals surface area (Å²) in [4.78, 5) is 4.39. The van der Waals surface area contributed by atoms with E-state index < -0.39 is 0 Å². The first kappa shape index (κ1) is 12.8. The van der Waals surface area contributed by atoms with Crippen LogP contribution in [0.2, 0.25) is 0 Å². The third-order valence-corrected chi connectivity index (χ3v) is 3.05. The van der Waals surface area contributed by atoms with Crippen molar-refractivity contribution in [2.75, 3.05) is 24.3 Å². The van der Waals surface area contributed by atoms with Crippen LogP contribution in [0.15, 0.2) is 18.2 Å². The number of aliphatic hydroxyl groups is 1. The molecule has 0 saturated carbocycles. The number of rotatable bonds is 6. The molecule has 16 heavy (non-hydrogen) atoms. The van der Waals surface area contributed by atoms with Crippen LogP contribution in [0.1, 0.15) is 26.7 Å². The number of nitrogens with zero attached hydrogens (tertiary/aromatic N) is 1. The second-order valence-electron chi connectivity index (χ2n) is 3.93. The number of hydrogen-bond acceptors (Lipinski definition) is 4. The fourth-order valence-electron chi connectivity index (χ4n) is 1.61. The first-order valence-electron chi connectivity index (χ1n) is 5.73. The van der Waals surface area contributed by atoms with Crippen molar-refractivity contribution in [3.8, 4) is 0 Å². The SMILES string of the molecule is CCC(CC)(CO)Nc1cccc(NC)n1. The number of pyridine rings is 1. The Morgan fingerprint density at radius 1 is 1.25 bits per heavy atom. The molecule has 4 heteroatoms. The van der Waals surface area contributed by atoms with Gasteiger partial charge < -0.3 is 15.7 Å². The van der Waals surface area contributed by atoms with Crippen molar-refractivity contribution < 1.29 is 5.11 Å². The van der Waals surface area contributed by atoms with E-state index in [-0.39, 0.29) is 12.1 Å². The van der Waals surface area contributed by atoms with Crippen molar-refractivity contribution >= 4 is 11.6 Å². The molecule has 0 aliphatic heterocycles. The molecule has 0 atom stereocenters. The lowest BCUT2D eigenvalue weighted by Crippen LogP contribution is -2.41. The molecule has 1 rings (SSSR count). The van der Waals surface area contributed by atoms with E-state index >= 15 is 0 Å². The first-order chi connectivity index (χ1) is 7.69. The van der Waals surface area contributed by atoms with Crippen LogP contribution < -0.4 is 10.6 Å². The van der Waals surface area contributed by atoms with Gasteiger partial charge in [0.25, 0.3) is 0 Å². The van der Waals surface area contributed by atoms with Crippen LogP contribution >= 0.6 is 0 Å². The van der Waals surface area contributed by atoms with Crippen LogP contribution in [-0.4, -0.2) is 29.3 Å². The maximum atomic E-state index is 9.46. The molecule has 0 radical (unpaired) electrons. The van der Waals surface area contributed by atoms with Gasteiger partial charge in [0.05, 0.1) is 12.1 Å². The average molecular weight is 223 g/mol. The van der Waals surface area contributed by atoms with Gasteiger partial charge in [-0.25, -0.2) is 4.98 Å². The van der Waals surface area contributed by atoms with Gasteiger partial charge in [0.15, 0.2) is 0 Å². The predicted octanol–water partition coefficient (Wildman–Crippen LogP) is 2.09. The van der Waals surface area contributed by atoms with Crippen molar-refractivity contribution in [2.45, 2.75) is 32.2 Å². The van der Waals surface area contributed by atoms with E-state index in [9.17, 15) is 5.11 Å². The summed E-state index contributed by atoms with van der Waals surface area (Å²) in [5.74, 6) is 1.62. The maximum Gasteiger partial charge on any atom is 0.128 e. The topological polar surface area (TPSA) is 57.2 Å². The highest BCUT2D eigenvalue weighted by molar-refractivity contribution is 5.46. The molecule has 1 aromatic rings. The van der Waals surface area contributed by atoms with Gasteiger partial charge in [-0.05, 0) is 25.0 Å². The standard InChI is InChI=1S/C12H21N3O/c1-4-12(5-2,9-16)15-11-8-6-7-10(13-3)14-11/h6-8,16H,4-5,9H2,1-3H3,(H2,13,14,15). The smallest absolute Gasteiger partial charge is 0.128 e. The first-order valence-corrected chi connectivity index (χ1v) is 5.73. The Morgan fingerprint density at radius 3 is 2.38 bits per heavy atom. The molecule has 1 aromatic heterocycles. The number of aliphatic hydroxyl groups excluding tert-OH is 1. The second-order valence-corrected chi connectivity index (χ2v) is 3.93. The van der Waals surface area contributed by atoms with Gasteiger partial charge >= 0.3 is 0 Å². The highest BCUT2D eigenvalue weighted by atomic mass is 16.3. The molecule has 0 aliphatic carbocycles. The summed E-state index contributed by atoms with van der Waals surface area (Å²) in [6, 6.07) is 5.76. The normalized spacial score (nSPS) is 11.2. The summed E-state index contributed by atoms with van der Waals surface area (Å²) < 4.78 is 0. The van der Waals surface area contributed by atoms with Gasteiger partial charge in [-0.3, -0.25) is 0 Å². The van der Waals surface area contributed by atoms with Gasteiger partial charge in [0.2, 0.25) is 0 Å². The van der Waals surface area contributed by atoms with Crippen molar-refractivity contribution in [3.63, 3.8) is 0 Å². The van der Waals surface area contributed by atoms with Crippen molar-refractivity contribution in [1.29, 1.82) is 0 Å². The van der Waals surface area contributed by atoms with Gasteiger partial charge in [0, 0.05) is 7.05 Å². The van der Waals surface area contributed by atoms with Crippen LogP contribution in [0.5, 0.6) is 0 Å². The minimum atomic E-state index is -0.265.